The maximum Gasteiger partial charge on any atom is 0.311 e. The van der Waals surface area contributed by atoms with Crippen LogP contribution in [0.4, 0.5) is 11.4 Å². The van der Waals surface area contributed by atoms with E-state index < -0.39 is 20.9 Å². The molecule has 0 saturated carbocycles. The summed E-state index contributed by atoms with van der Waals surface area (Å²) >= 11 is 5.89. The number of nitrogens with zero attached hydrogens (tertiary/aromatic N) is 3. The molecule has 0 aliphatic rings. The lowest BCUT2D eigenvalue weighted by atomic mass is 10.2. The second-order valence-corrected chi connectivity index (χ2v) is 9.67. The Labute approximate surface area is 207 Å². The summed E-state index contributed by atoms with van der Waals surface area (Å²) in [5, 5.41) is 15.5. The van der Waals surface area contributed by atoms with E-state index in [2.05, 4.69) is 10.5 Å². The fourth-order valence-electron chi connectivity index (χ4n) is 3.09. The average Bonchev–Trinajstić information content (AvgIpc) is 2.83. The molecule has 12 heteroatoms. The Bertz CT molecular complexity index is 1360. The fraction of sp³-hybridized carbons (Fsp3) is 0.130. The molecule has 0 spiro atoms. The van der Waals surface area contributed by atoms with Crippen LogP contribution in [0.5, 0.6) is 5.75 Å². The topological polar surface area (TPSA) is 131 Å². The Kier molecular flexibility index (Phi) is 8.05. The van der Waals surface area contributed by atoms with E-state index >= 15 is 0 Å². The maximum absolute atomic E-state index is 12.4. The van der Waals surface area contributed by atoms with Crippen LogP contribution in [-0.2, 0) is 16.6 Å². The third-order valence-electron chi connectivity index (χ3n) is 4.84. The Morgan fingerprint density at radius 3 is 2.37 bits per heavy atom. The largest absolute Gasteiger partial charge is 0.490 e. The van der Waals surface area contributed by atoms with Gasteiger partial charge in [-0.15, -0.1) is 0 Å². The number of halogens is 1. The van der Waals surface area contributed by atoms with Gasteiger partial charge >= 0.3 is 5.69 Å². The second-order valence-electron chi connectivity index (χ2n) is 7.33. The first-order valence-corrected chi connectivity index (χ1v) is 12.3. The van der Waals surface area contributed by atoms with Gasteiger partial charge in [0.25, 0.3) is 5.91 Å². The van der Waals surface area contributed by atoms with E-state index in [9.17, 15) is 23.3 Å². The number of hydrogen-bond donors (Lipinski definition) is 1. The van der Waals surface area contributed by atoms with Crippen molar-refractivity contribution in [2.75, 3.05) is 17.7 Å². The first-order chi connectivity index (χ1) is 16.6. The van der Waals surface area contributed by atoms with Gasteiger partial charge in [0.2, 0.25) is 10.0 Å². The molecule has 0 aliphatic carbocycles. The summed E-state index contributed by atoms with van der Waals surface area (Å²) in [4.78, 5) is 23.0. The van der Waals surface area contributed by atoms with Gasteiger partial charge in [0, 0.05) is 22.2 Å². The predicted octanol–water partition coefficient (Wildman–Crippen LogP) is 3.99. The quantitative estimate of drug-likeness (QED) is 0.260. The van der Waals surface area contributed by atoms with E-state index in [1.807, 2.05) is 0 Å². The number of carbonyl (C=O) groups is 1. The van der Waals surface area contributed by atoms with Crippen molar-refractivity contribution >= 4 is 45.1 Å². The Morgan fingerprint density at radius 1 is 1.14 bits per heavy atom. The number of amides is 1. The lowest BCUT2D eigenvalue weighted by Crippen LogP contribution is -2.29. The Balaban J connectivity index is 1.71. The van der Waals surface area contributed by atoms with E-state index in [4.69, 9.17) is 16.3 Å². The van der Waals surface area contributed by atoms with Gasteiger partial charge in [0.15, 0.2) is 5.75 Å². The summed E-state index contributed by atoms with van der Waals surface area (Å²) in [6.45, 7) is 0.0971. The second kappa shape index (κ2) is 11.0. The highest BCUT2D eigenvalue weighted by Gasteiger charge is 2.19. The number of carbonyl (C=O) groups excluding carboxylic acids is 1. The van der Waals surface area contributed by atoms with Crippen molar-refractivity contribution in [1.82, 2.24) is 5.43 Å². The Hall–Kier alpha value is -3.96. The third kappa shape index (κ3) is 6.78. The Morgan fingerprint density at radius 2 is 1.80 bits per heavy atom. The summed E-state index contributed by atoms with van der Waals surface area (Å²) < 4.78 is 30.9. The standard InChI is InChI=1S/C23H21ClN4O6S/c1-34-22-12-5-17(13-21(22)28(30)31)14-25-26-23(29)18-6-10-20(11-7-18)27(35(2,32)33)15-16-3-8-19(24)9-4-16/h3-14H,15H2,1-2H3,(H,26,29)/b25-14-. The molecule has 0 aromatic heterocycles. The summed E-state index contributed by atoms with van der Waals surface area (Å²) in [7, 11) is -2.27. The van der Waals surface area contributed by atoms with Gasteiger partial charge in [-0.1, -0.05) is 23.7 Å². The molecule has 3 aromatic rings. The molecule has 35 heavy (non-hydrogen) atoms. The van der Waals surface area contributed by atoms with Crippen molar-refractivity contribution in [1.29, 1.82) is 0 Å². The average molecular weight is 517 g/mol. The lowest BCUT2D eigenvalue weighted by Gasteiger charge is -2.22. The molecule has 3 rings (SSSR count). The van der Waals surface area contributed by atoms with E-state index in [0.717, 1.165) is 11.8 Å². The zero-order valence-corrected chi connectivity index (χ0v) is 20.3. The molecule has 0 aliphatic heterocycles. The van der Waals surface area contributed by atoms with Gasteiger partial charge in [0.1, 0.15) is 0 Å². The fourth-order valence-corrected chi connectivity index (χ4v) is 4.11. The van der Waals surface area contributed by atoms with E-state index in [1.165, 1.54) is 54.0 Å². The van der Waals surface area contributed by atoms with Crippen molar-refractivity contribution in [3.8, 4) is 5.75 Å². The smallest absolute Gasteiger partial charge is 0.311 e. The molecular formula is C23H21ClN4O6S. The number of nitro benzene ring substituents is 1. The van der Waals surface area contributed by atoms with Gasteiger partial charge in [-0.3, -0.25) is 19.2 Å². The molecule has 0 fully saturated rings. The number of benzene rings is 3. The van der Waals surface area contributed by atoms with Crippen LogP contribution >= 0.6 is 11.6 Å². The summed E-state index contributed by atoms with van der Waals surface area (Å²) in [6, 6.07) is 17.0. The normalized spacial score (nSPS) is 11.3. The van der Waals surface area contributed by atoms with E-state index in [1.54, 1.807) is 30.3 Å². The van der Waals surface area contributed by atoms with Crippen molar-refractivity contribution < 1.29 is 22.9 Å². The molecule has 10 nitrogen and oxygen atoms in total. The highest BCUT2D eigenvalue weighted by molar-refractivity contribution is 7.92. The van der Waals surface area contributed by atoms with Crippen LogP contribution in [0, 0.1) is 10.1 Å². The molecule has 1 N–H and O–H groups in total. The molecule has 0 radical (unpaired) electrons. The van der Waals surface area contributed by atoms with Crippen LogP contribution in [-0.4, -0.2) is 38.8 Å². The van der Waals surface area contributed by atoms with Crippen molar-refractivity contribution in [3.63, 3.8) is 0 Å². The van der Waals surface area contributed by atoms with Crippen LogP contribution in [0.15, 0.2) is 71.8 Å². The van der Waals surface area contributed by atoms with Crippen LogP contribution < -0.4 is 14.5 Å². The number of anilines is 1. The molecule has 3 aromatic carbocycles. The molecule has 1 amide bonds. The van der Waals surface area contributed by atoms with Crippen molar-refractivity contribution in [2.45, 2.75) is 6.54 Å². The number of rotatable bonds is 9. The maximum atomic E-state index is 12.4. The van der Waals surface area contributed by atoms with Gasteiger partial charge in [0.05, 0.1) is 36.7 Å². The molecule has 0 unspecified atom stereocenters. The number of methoxy groups -OCH3 is 1. The molecule has 0 atom stereocenters. The number of hydrazone groups is 1. The molecule has 0 saturated heterocycles. The summed E-state index contributed by atoms with van der Waals surface area (Å²) in [5.74, 6) is -0.435. The number of nitro groups is 1. The van der Waals surface area contributed by atoms with Crippen molar-refractivity contribution in [2.24, 2.45) is 5.10 Å². The van der Waals surface area contributed by atoms with E-state index in [-0.39, 0.29) is 23.5 Å². The van der Waals surface area contributed by atoms with Crippen molar-refractivity contribution in [3.05, 3.63) is 98.6 Å². The highest BCUT2D eigenvalue weighted by atomic mass is 35.5. The first kappa shape index (κ1) is 25.7. The van der Waals surface area contributed by atoms with Crippen LogP contribution in [0.3, 0.4) is 0 Å². The minimum absolute atomic E-state index is 0.0971. The molecule has 182 valence electrons. The van der Waals surface area contributed by atoms with Gasteiger partial charge < -0.3 is 4.74 Å². The number of sulfonamides is 1. The predicted molar refractivity (Wildman–Crippen MR) is 134 cm³/mol. The monoisotopic (exact) mass is 516 g/mol. The molecular weight excluding hydrogens is 496 g/mol. The number of ether oxygens (including phenoxy) is 1. The lowest BCUT2D eigenvalue weighted by molar-refractivity contribution is -0.385. The summed E-state index contributed by atoms with van der Waals surface area (Å²) in [6.07, 6.45) is 2.36. The number of hydrogen-bond acceptors (Lipinski definition) is 7. The molecule has 0 bridgehead atoms. The minimum atomic E-state index is -3.60. The van der Waals surface area contributed by atoms with Gasteiger partial charge in [-0.25, -0.2) is 13.8 Å². The van der Waals surface area contributed by atoms with Crippen LogP contribution in [0.2, 0.25) is 5.02 Å². The third-order valence-corrected chi connectivity index (χ3v) is 6.23. The van der Waals surface area contributed by atoms with E-state index in [0.29, 0.717) is 16.3 Å². The number of nitrogens with one attached hydrogen (secondary N) is 1. The van der Waals surface area contributed by atoms with Crippen LogP contribution in [0.25, 0.3) is 0 Å². The summed E-state index contributed by atoms with van der Waals surface area (Å²) in [5.41, 5.74) is 3.86. The SMILES string of the molecule is COc1ccc(/C=N\NC(=O)c2ccc(N(Cc3ccc(Cl)cc3)S(C)(=O)=O)cc2)cc1[N+](=O)[O-]. The highest BCUT2D eigenvalue weighted by Crippen LogP contribution is 2.27. The zero-order valence-electron chi connectivity index (χ0n) is 18.7. The zero-order chi connectivity index (χ0) is 25.6. The first-order valence-electron chi connectivity index (χ1n) is 10.1. The van der Waals surface area contributed by atoms with Gasteiger partial charge in [-0.2, -0.15) is 5.10 Å². The minimum Gasteiger partial charge on any atom is -0.490 e. The van der Waals surface area contributed by atoms with Gasteiger partial charge in [-0.05, 0) is 54.1 Å². The molecule has 0 heterocycles. The van der Waals surface area contributed by atoms with Crippen LogP contribution in [0.1, 0.15) is 21.5 Å².